The second kappa shape index (κ2) is 4.56. The van der Waals surface area contributed by atoms with Gasteiger partial charge in [-0.15, -0.1) is 0 Å². The Balaban J connectivity index is 2.20. The number of fused-ring (bicyclic) bond motifs is 1. The van der Waals surface area contributed by atoms with E-state index in [9.17, 15) is 0 Å². The van der Waals surface area contributed by atoms with Gasteiger partial charge in [0.25, 0.3) is 0 Å². The van der Waals surface area contributed by atoms with Gasteiger partial charge in [0.2, 0.25) is 0 Å². The summed E-state index contributed by atoms with van der Waals surface area (Å²) in [5.41, 5.74) is 11.5. The summed E-state index contributed by atoms with van der Waals surface area (Å²) in [4.78, 5) is 13.4. The molecule has 2 aromatic heterocycles. The minimum Gasteiger partial charge on any atom is -0.382 e. The van der Waals surface area contributed by atoms with Crippen molar-refractivity contribution >= 4 is 16.7 Å². The van der Waals surface area contributed by atoms with Crippen LogP contribution in [0.15, 0.2) is 30.3 Å². The fourth-order valence-electron chi connectivity index (χ4n) is 2.21. The normalized spacial score (nSPS) is 10.9. The van der Waals surface area contributed by atoms with E-state index in [1.54, 1.807) is 0 Å². The number of rotatable bonds is 1. The average molecular weight is 264 g/mol. The number of nitrogens with two attached hydrogens (primary N) is 1. The lowest BCUT2D eigenvalue weighted by Crippen LogP contribution is -2.02. The number of benzene rings is 1. The highest BCUT2D eigenvalue weighted by Crippen LogP contribution is 2.26. The predicted octanol–water partition coefficient (Wildman–Crippen LogP) is 3.20. The molecule has 4 nitrogen and oxygen atoms in total. The van der Waals surface area contributed by atoms with Crippen molar-refractivity contribution in [2.45, 2.75) is 20.8 Å². The van der Waals surface area contributed by atoms with Gasteiger partial charge < -0.3 is 5.73 Å². The van der Waals surface area contributed by atoms with E-state index in [1.165, 1.54) is 0 Å². The third-order valence-corrected chi connectivity index (χ3v) is 3.44. The van der Waals surface area contributed by atoms with Gasteiger partial charge in [-0.3, -0.25) is 4.98 Å². The molecule has 100 valence electrons. The van der Waals surface area contributed by atoms with E-state index in [0.717, 1.165) is 39.2 Å². The maximum atomic E-state index is 6.00. The number of aromatic nitrogens is 3. The summed E-state index contributed by atoms with van der Waals surface area (Å²) in [7, 11) is 0. The zero-order valence-corrected chi connectivity index (χ0v) is 11.8. The third-order valence-electron chi connectivity index (χ3n) is 3.44. The van der Waals surface area contributed by atoms with Crippen LogP contribution in [-0.2, 0) is 0 Å². The second-order valence-electron chi connectivity index (χ2n) is 4.99. The lowest BCUT2D eigenvalue weighted by molar-refractivity contribution is 1.06. The molecule has 3 rings (SSSR count). The summed E-state index contributed by atoms with van der Waals surface area (Å²) in [6.45, 7) is 5.84. The Bertz CT molecular complexity index is 809. The maximum absolute atomic E-state index is 6.00. The molecule has 0 amide bonds. The highest BCUT2D eigenvalue weighted by molar-refractivity contribution is 5.85. The van der Waals surface area contributed by atoms with Gasteiger partial charge in [0.05, 0.1) is 16.9 Å². The highest BCUT2D eigenvalue weighted by atomic mass is 14.9. The van der Waals surface area contributed by atoms with Crippen molar-refractivity contribution in [3.8, 4) is 11.3 Å². The van der Waals surface area contributed by atoms with Crippen LogP contribution in [0.25, 0.3) is 22.2 Å². The van der Waals surface area contributed by atoms with E-state index < -0.39 is 0 Å². The molecule has 1 aromatic carbocycles. The number of hydrogen-bond acceptors (Lipinski definition) is 4. The average Bonchev–Trinajstić information content (AvgIpc) is 2.42. The smallest absolute Gasteiger partial charge is 0.150 e. The molecule has 0 unspecified atom stereocenters. The van der Waals surface area contributed by atoms with Gasteiger partial charge in [-0.2, -0.15) is 0 Å². The van der Waals surface area contributed by atoms with Crippen LogP contribution >= 0.6 is 0 Å². The Morgan fingerprint density at radius 3 is 2.40 bits per heavy atom. The SMILES string of the molecule is Cc1ccc2cc(-c3nc(C)c(C)nc3N)ccc2n1. The van der Waals surface area contributed by atoms with Gasteiger partial charge in [0.15, 0.2) is 0 Å². The molecule has 2 heterocycles. The quantitative estimate of drug-likeness (QED) is 0.733. The maximum Gasteiger partial charge on any atom is 0.150 e. The Morgan fingerprint density at radius 1 is 0.850 bits per heavy atom. The molecule has 4 heteroatoms. The fraction of sp³-hybridized carbons (Fsp3) is 0.188. The van der Waals surface area contributed by atoms with Crippen LogP contribution in [0.2, 0.25) is 0 Å². The van der Waals surface area contributed by atoms with Crippen molar-refractivity contribution in [3.63, 3.8) is 0 Å². The molecule has 0 aliphatic rings. The topological polar surface area (TPSA) is 64.7 Å². The molecule has 20 heavy (non-hydrogen) atoms. The largest absolute Gasteiger partial charge is 0.382 e. The zero-order valence-electron chi connectivity index (χ0n) is 11.8. The molecule has 0 aliphatic carbocycles. The summed E-state index contributed by atoms with van der Waals surface area (Å²) in [6.07, 6.45) is 0. The monoisotopic (exact) mass is 264 g/mol. The van der Waals surface area contributed by atoms with Gasteiger partial charge in [-0.05, 0) is 39.0 Å². The number of nitrogens with zero attached hydrogens (tertiary/aromatic N) is 3. The van der Waals surface area contributed by atoms with Crippen molar-refractivity contribution in [1.29, 1.82) is 0 Å². The van der Waals surface area contributed by atoms with Crippen LogP contribution in [0.3, 0.4) is 0 Å². The third kappa shape index (κ3) is 2.09. The van der Waals surface area contributed by atoms with Crippen molar-refractivity contribution in [1.82, 2.24) is 15.0 Å². The summed E-state index contributed by atoms with van der Waals surface area (Å²) in [5.74, 6) is 0.465. The van der Waals surface area contributed by atoms with Crippen LogP contribution < -0.4 is 5.73 Å². The number of hydrogen-bond donors (Lipinski definition) is 1. The van der Waals surface area contributed by atoms with Gasteiger partial charge in [-0.1, -0.05) is 12.1 Å². The fourth-order valence-corrected chi connectivity index (χ4v) is 2.21. The zero-order chi connectivity index (χ0) is 14.3. The van der Waals surface area contributed by atoms with Crippen LogP contribution in [0.1, 0.15) is 17.1 Å². The first-order valence-corrected chi connectivity index (χ1v) is 6.53. The van der Waals surface area contributed by atoms with E-state index in [-0.39, 0.29) is 0 Å². The Kier molecular flexibility index (Phi) is 2.86. The number of anilines is 1. The van der Waals surface area contributed by atoms with E-state index in [1.807, 2.05) is 39.0 Å². The second-order valence-corrected chi connectivity index (χ2v) is 4.99. The molecule has 0 bridgehead atoms. The molecule has 0 fully saturated rings. The molecule has 0 saturated carbocycles. The predicted molar refractivity (Wildman–Crippen MR) is 81.4 cm³/mol. The number of nitrogen functional groups attached to an aromatic ring is 1. The van der Waals surface area contributed by atoms with Crippen LogP contribution in [0, 0.1) is 20.8 Å². The van der Waals surface area contributed by atoms with E-state index in [2.05, 4.69) is 27.1 Å². The van der Waals surface area contributed by atoms with Gasteiger partial charge in [-0.25, -0.2) is 9.97 Å². The molecular weight excluding hydrogens is 248 g/mol. The number of pyridine rings is 1. The molecule has 0 radical (unpaired) electrons. The first-order valence-electron chi connectivity index (χ1n) is 6.53. The van der Waals surface area contributed by atoms with Gasteiger partial charge in [0, 0.05) is 16.6 Å². The van der Waals surface area contributed by atoms with Gasteiger partial charge in [0.1, 0.15) is 11.5 Å². The van der Waals surface area contributed by atoms with E-state index in [0.29, 0.717) is 5.82 Å². The molecule has 3 aromatic rings. The summed E-state index contributed by atoms with van der Waals surface area (Å²) in [5, 5.41) is 1.08. The minimum absolute atomic E-state index is 0.465. The molecular formula is C16H16N4. The minimum atomic E-state index is 0.465. The lowest BCUT2D eigenvalue weighted by atomic mass is 10.1. The van der Waals surface area contributed by atoms with Crippen molar-refractivity contribution in [2.75, 3.05) is 5.73 Å². The van der Waals surface area contributed by atoms with Crippen LogP contribution in [0.5, 0.6) is 0 Å². The van der Waals surface area contributed by atoms with E-state index >= 15 is 0 Å². The number of aryl methyl sites for hydroxylation is 3. The highest BCUT2D eigenvalue weighted by Gasteiger charge is 2.09. The van der Waals surface area contributed by atoms with Crippen molar-refractivity contribution in [3.05, 3.63) is 47.4 Å². The molecule has 0 saturated heterocycles. The summed E-state index contributed by atoms with van der Waals surface area (Å²) >= 11 is 0. The van der Waals surface area contributed by atoms with Crippen molar-refractivity contribution in [2.24, 2.45) is 0 Å². The molecule has 2 N–H and O–H groups in total. The van der Waals surface area contributed by atoms with Crippen LogP contribution in [0.4, 0.5) is 5.82 Å². The Morgan fingerprint density at radius 2 is 1.60 bits per heavy atom. The summed E-state index contributed by atoms with van der Waals surface area (Å²) < 4.78 is 0. The van der Waals surface area contributed by atoms with Crippen molar-refractivity contribution < 1.29 is 0 Å². The standard InChI is InChI=1S/C16H16N4/c1-9-4-5-12-8-13(6-7-14(12)18-9)15-16(17)20-11(3)10(2)19-15/h4-8H,1-3H3,(H2,17,20). The first-order chi connectivity index (χ1) is 9.54. The molecule has 0 atom stereocenters. The summed E-state index contributed by atoms with van der Waals surface area (Å²) in [6, 6.07) is 10.1. The molecule has 0 spiro atoms. The lowest BCUT2D eigenvalue weighted by Gasteiger charge is -2.08. The molecule has 0 aliphatic heterocycles. The first kappa shape index (κ1) is 12.5. The van der Waals surface area contributed by atoms with Gasteiger partial charge >= 0.3 is 0 Å². The van der Waals surface area contributed by atoms with E-state index in [4.69, 9.17) is 5.73 Å². The van der Waals surface area contributed by atoms with Crippen LogP contribution in [-0.4, -0.2) is 15.0 Å². The Labute approximate surface area is 117 Å². The Hall–Kier alpha value is -2.49.